The Morgan fingerprint density at radius 3 is 2.27 bits per heavy atom. The van der Waals surface area contributed by atoms with Crippen molar-refractivity contribution in [1.82, 2.24) is 10.2 Å². The van der Waals surface area contributed by atoms with Crippen LogP contribution in [0.2, 0.25) is 0 Å². The summed E-state index contributed by atoms with van der Waals surface area (Å²) in [4.78, 5) is 15.8. The van der Waals surface area contributed by atoms with Crippen molar-refractivity contribution in [3.05, 3.63) is 71.3 Å². The second-order valence-electron chi connectivity index (χ2n) is 9.33. The van der Waals surface area contributed by atoms with Gasteiger partial charge < -0.3 is 5.32 Å². The van der Waals surface area contributed by atoms with Crippen molar-refractivity contribution in [2.24, 2.45) is 5.92 Å². The molecular formula is C27H36N2O. The number of nitrogens with zero attached hydrogens (tertiary/aromatic N) is 1. The van der Waals surface area contributed by atoms with Gasteiger partial charge in [-0.3, -0.25) is 9.69 Å². The van der Waals surface area contributed by atoms with Crippen LogP contribution in [0.15, 0.2) is 54.6 Å². The summed E-state index contributed by atoms with van der Waals surface area (Å²) in [5.41, 5.74) is 3.81. The number of rotatable bonds is 6. The number of piperidine rings is 1. The fourth-order valence-corrected chi connectivity index (χ4v) is 5.17. The van der Waals surface area contributed by atoms with E-state index in [9.17, 15) is 4.79 Å². The quantitative estimate of drug-likeness (QED) is 0.695. The molecule has 1 N–H and O–H groups in total. The average molecular weight is 405 g/mol. The molecule has 1 amide bonds. The second-order valence-corrected chi connectivity index (χ2v) is 9.33. The molecule has 1 aliphatic carbocycles. The number of aryl methyl sites for hydroxylation is 1. The summed E-state index contributed by atoms with van der Waals surface area (Å²) in [5, 5.41) is 3.40. The van der Waals surface area contributed by atoms with E-state index in [2.05, 4.69) is 71.7 Å². The van der Waals surface area contributed by atoms with E-state index in [-0.39, 0.29) is 11.9 Å². The van der Waals surface area contributed by atoms with E-state index >= 15 is 0 Å². The molecule has 2 aromatic carbocycles. The standard InChI is InChI=1S/C27H36N2O/c1-21-12-14-24(15-13-21)26(27(30)28-25-10-6-3-7-11-25)29-18-16-23(17-19-29)20-22-8-4-2-5-9-22/h2,4-5,8-9,12-15,23,25-26H,3,6-7,10-11,16-20H2,1H3,(H,28,30)/t26-/m1/s1. The molecule has 2 aliphatic rings. The molecule has 3 nitrogen and oxygen atoms in total. The Balaban J connectivity index is 1.43. The number of carbonyl (C=O) groups is 1. The molecule has 0 radical (unpaired) electrons. The lowest BCUT2D eigenvalue weighted by atomic mass is 9.88. The lowest BCUT2D eigenvalue weighted by Crippen LogP contribution is -2.47. The Bertz CT molecular complexity index is 787. The average Bonchev–Trinajstić information content (AvgIpc) is 2.78. The summed E-state index contributed by atoms with van der Waals surface area (Å²) < 4.78 is 0. The van der Waals surface area contributed by atoms with E-state index in [1.165, 1.54) is 30.4 Å². The van der Waals surface area contributed by atoms with Crippen LogP contribution in [0.1, 0.15) is 67.7 Å². The number of benzene rings is 2. The fraction of sp³-hybridized carbons (Fsp3) is 0.519. The molecule has 30 heavy (non-hydrogen) atoms. The van der Waals surface area contributed by atoms with Crippen molar-refractivity contribution < 1.29 is 4.79 Å². The van der Waals surface area contributed by atoms with Gasteiger partial charge >= 0.3 is 0 Å². The fourth-order valence-electron chi connectivity index (χ4n) is 5.17. The number of nitrogens with one attached hydrogen (secondary N) is 1. The Hall–Kier alpha value is -2.13. The largest absolute Gasteiger partial charge is 0.352 e. The summed E-state index contributed by atoms with van der Waals surface area (Å²) in [6, 6.07) is 19.6. The highest BCUT2D eigenvalue weighted by Gasteiger charge is 2.32. The molecule has 0 bridgehead atoms. The highest BCUT2D eigenvalue weighted by Crippen LogP contribution is 2.30. The Kier molecular flexibility index (Phi) is 7.22. The molecule has 4 rings (SSSR count). The van der Waals surface area contributed by atoms with Crippen LogP contribution in [0.25, 0.3) is 0 Å². The smallest absolute Gasteiger partial charge is 0.242 e. The molecule has 3 heteroatoms. The Morgan fingerprint density at radius 2 is 1.60 bits per heavy atom. The lowest BCUT2D eigenvalue weighted by Gasteiger charge is -2.38. The summed E-state index contributed by atoms with van der Waals surface area (Å²) in [6.07, 6.45) is 9.52. The van der Waals surface area contributed by atoms with Crippen LogP contribution in [0.5, 0.6) is 0 Å². The van der Waals surface area contributed by atoms with E-state index in [0.29, 0.717) is 12.0 Å². The SMILES string of the molecule is Cc1ccc([C@H](C(=O)NC2CCCCC2)N2CCC(Cc3ccccc3)CC2)cc1. The van der Waals surface area contributed by atoms with Crippen LogP contribution in [-0.4, -0.2) is 29.9 Å². The first-order valence-corrected chi connectivity index (χ1v) is 11.8. The van der Waals surface area contributed by atoms with Crippen LogP contribution >= 0.6 is 0 Å². The van der Waals surface area contributed by atoms with Gasteiger partial charge in [-0.05, 0) is 69.2 Å². The van der Waals surface area contributed by atoms with E-state index < -0.39 is 0 Å². The molecule has 1 saturated heterocycles. The first kappa shape index (κ1) is 21.1. The third kappa shape index (κ3) is 5.51. The molecule has 0 aromatic heterocycles. The minimum Gasteiger partial charge on any atom is -0.352 e. The molecule has 2 fully saturated rings. The predicted octanol–water partition coefficient (Wildman–Crippen LogP) is 5.44. The summed E-state index contributed by atoms with van der Waals surface area (Å²) in [6.45, 7) is 4.10. The molecule has 0 spiro atoms. The zero-order valence-corrected chi connectivity index (χ0v) is 18.4. The Labute approximate surface area is 181 Å². The highest BCUT2D eigenvalue weighted by molar-refractivity contribution is 5.83. The van der Waals surface area contributed by atoms with Crippen LogP contribution in [0, 0.1) is 12.8 Å². The molecular weight excluding hydrogens is 368 g/mol. The van der Waals surface area contributed by atoms with Gasteiger partial charge in [0.1, 0.15) is 6.04 Å². The van der Waals surface area contributed by atoms with Crippen molar-refractivity contribution in [1.29, 1.82) is 0 Å². The third-order valence-corrected chi connectivity index (χ3v) is 6.97. The normalized spacial score (nSPS) is 20.0. The maximum atomic E-state index is 13.4. The Morgan fingerprint density at radius 1 is 0.933 bits per heavy atom. The minimum absolute atomic E-state index is 0.162. The number of hydrogen-bond acceptors (Lipinski definition) is 2. The maximum Gasteiger partial charge on any atom is 0.242 e. The van der Waals surface area contributed by atoms with Gasteiger partial charge in [0, 0.05) is 6.04 Å². The summed E-state index contributed by atoms with van der Waals surface area (Å²) >= 11 is 0. The van der Waals surface area contributed by atoms with Crippen molar-refractivity contribution in [2.75, 3.05) is 13.1 Å². The third-order valence-electron chi connectivity index (χ3n) is 6.97. The molecule has 1 atom stereocenters. The van der Waals surface area contributed by atoms with Gasteiger partial charge in [-0.15, -0.1) is 0 Å². The number of likely N-dealkylation sites (tertiary alicyclic amines) is 1. The maximum absolute atomic E-state index is 13.4. The zero-order chi connectivity index (χ0) is 20.8. The molecule has 0 unspecified atom stereocenters. The van der Waals surface area contributed by atoms with Crippen LogP contribution in [0.4, 0.5) is 0 Å². The van der Waals surface area contributed by atoms with E-state index in [1.807, 2.05) is 0 Å². The number of hydrogen-bond donors (Lipinski definition) is 1. The minimum atomic E-state index is -0.162. The van der Waals surface area contributed by atoms with Gasteiger partial charge in [-0.1, -0.05) is 79.4 Å². The van der Waals surface area contributed by atoms with Crippen LogP contribution in [0.3, 0.4) is 0 Å². The van der Waals surface area contributed by atoms with Crippen LogP contribution in [-0.2, 0) is 11.2 Å². The topological polar surface area (TPSA) is 32.3 Å². The van der Waals surface area contributed by atoms with Crippen molar-refractivity contribution in [3.8, 4) is 0 Å². The van der Waals surface area contributed by atoms with E-state index in [0.717, 1.165) is 50.8 Å². The number of carbonyl (C=O) groups excluding carboxylic acids is 1. The van der Waals surface area contributed by atoms with Crippen molar-refractivity contribution in [2.45, 2.75) is 70.4 Å². The lowest BCUT2D eigenvalue weighted by molar-refractivity contribution is -0.128. The molecule has 1 saturated carbocycles. The van der Waals surface area contributed by atoms with Crippen molar-refractivity contribution >= 4 is 5.91 Å². The van der Waals surface area contributed by atoms with Gasteiger partial charge in [0.05, 0.1) is 0 Å². The molecule has 1 heterocycles. The summed E-state index contributed by atoms with van der Waals surface area (Å²) in [7, 11) is 0. The molecule has 1 aliphatic heterocycles. The monoisotopic (exact) mass is 404 g/mol. The molecule has 2 aromatic rings. The van der Waals surface area contributed by atoms with Gasteiger partial charge in [-0.25, -0.2) is 0 Å². The summed E-state index contributed by atoms with van der Waals surface area (Å²) in [5.74, 6) is 0.913. The van der Waals surface area contributed by atoms with Crippen molar-refractivity contribution in [3.63, 3.8) is 0 Å². The number of amides is 1. The van der Waals surface area contributed by atoms with Gasteiger partial charge in [0.25, 0.3) is 0 Å². The highest BCUT2D eigenvalue weighted by atomic mass is 16.2. The molecule has 160 valence electrons. The zero-order valence-electron chi connectivity index (χ0n) is 18.4. The van der Waals surface area contributed by atoms with Gasteiger partial charge in [0.2, 0.25) is 5.91 Å². The van der Waals surface area contributed by atoms with Gasteiger partial charge in [-0.2, -0.15) is 0 Å². The first-order chi connectivity index (χ1) is 14.7. The predicted molar refractivity (Wildman–Crippen MR) is 123 cm³/mol. The van der Waals surface area contributed by atoms with E-state index in [1.54, 1.807) is 0 Å². The first-order valence-electron chi connectivity index (χ1n) is 11.8. The van der Waals surface area contributed by atoms with E-state index in [4.69, 9.17) is 0 Å². The second kappa shape index (κ2) is 10.3. The van der Waals surface area contributed by atoms with Gasteiger partial charge in [0.15, 0.2) is 0 Å². The van der Waals surface area contributed by atoms with Crippen LogP contribution < -0.4 is 5.32 Å².